The molecular weight excluding hydrogens is 624 g/mol. The number of imide groups is 1. The smallest absolute Gasteiger partial charge is 0.303 e. The van der Waals surface area contributed by atoms with Gasteiger partial charge in [-0.2, -0.15) is 0 Å². The summed E-state index contributed by atoms with van der Waals surface area (Å²) >= 11 is 0. The number of rotatable bonds is 13. The van der Waals surface area contributed by atoms with Crippen molar-refractivity contribution in [3.8, 4) is 0 Å². The summed E-state index contributed by atoms with van der Waals surface area (Å²) in [7, 11) is 0. The zero-order chi connectivity index (χ0) is 36.9. The third-order valence-corrected chi connectivity index (χ3v) is 16.7. The van der Waals surface area contributed by atoms with Crippen molar-refractivity contribution in [2.45, 2.75) is 164 Å². The van der Waals surface area contributed by atoms with Crippen LogP contribution in [0.25, 0.3) is 0 Å². The molecule has 5 aliphatic carbocycles. The van der Waals surface area contributed by atoms with Gasteiger partial charge in [0.15, 0.2) is 0 Å². The van der Waals surface area contributed by atoms with E-state index in [1.54, 1.807) is 4.90 Å². The fraction of sp³-hybridized carbons (Fsp3) is 0.884. The molecule has 5 fully saturated rings. The molecule has 5 aliphatic rings. The van der Waals surface area contributed by atoms with Gasteiger partial charge < -0.3 is 15.9 Å². The van der Waals surface area contributed by atoms with Gasteiger partial charge in [0, 0.05) is 19.4 Å². The summed E-state index contributed by atoms with van der Waals surface area (Å²) in [5.74, 6) is 0.488. The maximum Gasteiger partial charge on any atom is 0.303 e. The van der Waals surface area contributed by atoms with E-state index in [4.69, 9.17) is 5.73 Å². The number of aliphatic carboxylic acids is 1. The molecule has 0 aromatic heterocycles. The Kier molecular flexibility index (Phi) is 11.5. The molecule has 0 aromatic carbocycles. The lowest BCUT2D eigenvalue weighted by Gasteiger charge is -2.72. The number of unbranched alkanes of at least 4 members (excludes halogenated alkanes) is 4. The molecule has 0 unspecified atom stereocenters. The molecule has 0 heterocycles. The Morgan fingerprint density at radius 3 is 2.16 bits per heavy atom. The Morgan fingerprint density at radius 2 is 1.50 bits per heavy atom. The van der Waals surface area contributed by atoms with Crippen molar-refractivity contribution in [2.75, 3.05) is 13.1 Å². The van der Waals surface area contributed by atoms with E-state index in [0.717, 1.165) is 89.9 Å². The standard InChI is InChI=1S/C43H72N2O5/c1-28(2)30-16-21-43(38(50)45(25-13-11-9-10-12-24-44)35(47)26-29(3)27-36(48)49)23-22-41(7)31(37(30)43)14-15-33-40(6)19-18-34(46)39(4,5)32(40)17-20-42(33,41)8/h29-34,37,46H,1,9-27,44H2,2-8H3,(H,48,49)/t29-,30-,31+,32-,33+,34-,37+,40-,41+,42+,43-/m0/s1. The van der Waals surface area contributed by atoms with Crippen molar-refractivity contribution in [2.24, 2.45) is 68.3 Å². The second-order valence-corrected chi connectivity index (χ2v) is 19.5. The molecule has 0 saturated heterocycles. The van der Waals surface area contributed by atoms with Crippen LogP contribution < -0.4 is 5.73 Å². The minimum atomic E-state index is -0.909. The number of nitrogens with zero attached hydrogens (tertiary/aromatic N) is 1. The summed E-state index contributed by atoms with van der Waals surface area (Å²) < 4.78 is 0. The van der Waals surface area contributed by atoms with Crippen LogP contribution in [0.3, 0.4) is 0 Å². The van der Waals surface area contributed by atoms with Gasteiger partial charge in [0.25, 0.3) is 0 Å². The lowest BCUT2D eigenvalue weighted by molar-refractivity contribution is -0.247. The van der Waals surface area contributed by atoms with Crippen LogP contribution in [0.5, 0.6) is 0 Å². The van der Waals surface area contributed by atoms with Gasteiger partial charge in [-0.25, -0.2) is 0 Å². The van der Waals surface area contributed by atoms with Crippen LogP contribution in [0, 0.1) is 62.6 Å². The Hall–Kier alpha value is -1.73. The fourth-order valence-electron chi connectivity index (χ4n) is 13.8. The van der Waals surface area contributed by atoms with Gasteiger partial charge in [0.1, 0.15) is 0 Å². The number of hydrogen-bond donors (Lipinski definition) is 3. The van der Waals surface area contributed by atoms with E-state index >= 15 is 4.79 Å². The van der Waals surface area contributed by atoms with Crippen molar-refractivity contribution in [3.05, 3.63) is 12.2 Å². The van der Waals surface area contributed by atoms with Crippen LogP contribution in [0.1, 0.15) is 158 Å². The number of carboxylic acids is 1. The summed E-state index contributed by atoms with van der Waals surface area (Å²) in [4.78, 5) is 42.5. The first-order valence-electron chi connectivity index (χ1n) is 20.5. The van der Waals surface area contributed by atoms with E-state index in [-0.39, 0.29) is 70.2 Å². The van der Waals surface area contributed by atoms with Crippen LogP contribution in [0.2, 0.25) is 0 Å². The predicted octanol–water partition coefficient (Wildman–Crippen LogP) is 8.77. The first-order chi connectivity index (χ1) is 23.4. The Morgan fingerprint density at radius 1 is 0.820 bits per heavy atom. The van der Waals surface area contributed by atoms with Crippen molar-refractivity contribution >= 4 is 17.8 Å². The van der Waals surface area contributed by atoms with Crippen LogP contribution in [0.4, 0.5) is 0 Å². The molecule has 2 amide bonds. The molecule has 7 nitrogen and oxygen atoms in total. The molecule has 11 atom stereocenters. The highest BCUT2D eigenvalue weighted by atomic mass is 16.4. The maximum absolute atomic E-state index is 15.3. The van der Waals surface area contributed by atoms with Gasteiger partial charge in [-0.15, -0.1) is 0 Å². The summed E-state index contributed by atoms with van der Waals surface area (Å²) in [6.07, 6.45) is 14.7. The number of carbonyl (C=O) groups excluding carboxylic acids is 2. The highest BCUT2D eigenvalue weighted by molar-refractivity contribution is 5.99. The molecule has 0 radical (unpaired) electrons. The summed E-state index contributed by atoms with van der Waals surface area (Å²) in [6.45, 7) is 21.9. The normalized spacial score (nSPS) is 40.8. The average Bonchev–Trinajstić information content (AvgIpc) is 3.43. The summed E-state index contributed by atoms with van der Waals surface area (Å²) in [5.41, 5.74) is 6.63. The molecule has 0 spiro atoms. The molecule has 5 saturated carbocycles. The molecule has 4 N–H and O–H groups in total. The zero-order valence-electron chi connectivity index (χ0n) is 32.8. The molecule has 7 heteroatoms. The van der Waals surface area contributed by atoms with Crippen molar-refractivity contribution in [1.29, 1.82) is 0 Å². The van der Waals surface area contributed by atoms with Gasteiger partial charge in [-0.05, 0) is 148 Å². The summed E-state index contributed by atoms with van der Waals surface area (Å²) in [5, 5.41) is 20.6. The van der Waals surface area contributed by atoms with Crippen molar-refractivity contribution in [1.82, 2.24) is 4.90 Å². The van der Waals surface area contributed by atoms with E-state index in [2.05, 4.69) is 48.1 Å². The zero-order valence-corrected chi connectivity index (χ0v) is 32.8. The molecule has 50 heavy (non-hydrogen) atoms. The number of allylic oxidation sites excluding steroid dienone is 1. The highest BCUT2D eigenvalue weighted by Gasteiger charge is 2.72. The first-order valence-corrected chi connectivity index (χ1v) is 20.5. The molecule has 0 aliphatic heterocycles. The number of aliphatic hydroxyl groups excluding tert-OH is 1. The van der Waals surface area contributed by atoms with Gasteiger partial charge in [-0.1, -0.05) is 73.0 Å². The second kappa shape index (κ2) is 14.6. The Balaban J connectivity index is 1.47. The second-order valence-electron chi connectivity index (χ2n) is 19.5. The van der Waals surface area contributed by atoms with Gasteiger partial charge in [0.05, 0.1) is 11.5 Å². The fourth-order valence-corrected chi connectivity index (χ4v) is 13.8. The largest absolute Gasteiger partial charge is 0.481 e. The number of carboxylic acid groups (broad SMARTS) is 1. The highest BCUT2D eigenvalue weighted by Crippen LogP contribution is 2.77. The minimum Gasteiger partial charge on any atom is -0.481 e. The summed E-state index contributed by atoms with van der Waals surface area (Å²) in [6, 6.07) is 0. The van der Waals surface area contributed by atoms with Crippen LogP contribution >= 0.6 is 0 Å². The van der Waals surface area contributed by atoms with Gasteiger partial charge in [0.2, 0.25) is 11.8 Å². The van der Waals surface area contributed by atoms with E-state index in [1.807, 2.05) is 6.92 Å². The van der Waals surface area contributed by atoms with Crippen LogP contribution in [0.15, 0.2) is 12.2 Å². The number of amides is 2. The lowest BCUT2D eigenvalue weighted by atomic mass is 9.32. The van der Waals surface area contributed by atoms with Crippen LogP contribution in [-0.4, -0.2) is 52.1 Å². The van der Waals surface area contributed by atoms with E-state index in [0.29, 0.717) is 30.8 Å². The van der Waals surface area contributed by atoms with Crippen molar-refractivity contribution in [3.63, 3.8) is 0 Å². The van der Waals surface area contributed by atoms with Crippen LogP contribution in [-0.2, 0) is 14.4 Å². The number of carbonyl (C=O) groups is 3. The van der Waals surface area contributed by atoms with E-state index in [9.17, 15) is 19.8 Å². The number of fused-ring (bicyclic) bond motifs is 7. The monoisotopic (exact) mass is 697 g/mol. The van der Waals surface area contributed by atoms with E-state index < -0.39 is 11.4 Å². The predicted molar refractivity (Wildman–Crippen MR) is 200 cm³/mol. The molecule has 0 aromatic rings. The SMILES string of the molecule is C=C(C)[C@@H]1CC[C@]2(C(=O)N(CCCCCCCN)C(=O)C[C@H](C)CC(=O)O)CC[C@]3(C)[C@H](CC[C@@H]4[C@@]5(C)CC[C@H](O)C(C)(C)[C@@H]5CC[C@]43C)[C@@H]12. The third kappa shape index (κ3) is 6.45. The number of aliphatic hydroxyl groups is 1. The first kappa shape index (κ1) is 39.5. The molecule has 5 rings (SSSR count). The molecular formula is C43H72N2O5. The minimum absolute atomic E-state index is 0.0220. The maximum atomic E-state index is 15.3. The number of nitrogens with two attached hydrogens (primary N) is 1. The van der Waals surface area contributed by atoms with Gasteiger partial charge >= 0.3 is 5.97 Å². The van der Waals surface area contributed by atoms with E-state index in [1.165, 1.54) is 12.0 Å². The molecule has 284 valence electrons. The Bertz CT molecular complexity index is 1300. The molecule has 0 bridgehead atoms. The number of hydrogen-bond acceptors (Lipinski definition) is 5. The Labute approximate surface area is 304 Å². The third-order valence-electron chi connectivity index (χ3n) is 16.7. The lowest BCUT2D eigenvalue weighted by Crippen LogP contribution is -2.67. The van der Waals surface area contributed by atoms with Crippen molar-refractivity contribution < 1.29 is 24.6 Å². The van der Waals surface area contributed by atoms with Gasteiger partial charge in [-0.3, -0.25) is 19.3 Å². The topological polar surface area (TPSA) is 121 Å². The quantitative estimate of drug-likeness (QED) is 0.131. The average molecular weight is 697 g/mol.